The van der Waals surface area contributed by atoms with Crippen LogP contribution in [0.15, 0.2) is 65.7 Å². The molecule has 0 radical (unpaired) electrons. The molecular formula is C28H29N7O2. The Morgan fingerprint density at radius 3 is 2.54 bits per heavy atom. The molecule has 1 atom stereocenters. The van der Waals surface area contributed by atoms with Crippen LogP contribution in [0.25, 0.3) is 33.3 Å². The van der Waals surface area contributed by atoms with Crippen molar-refractivity contribution in [1.82, 2.24) is 24.9 Å². The summed E-state index contributed by atoms with van der Waals surface area (Å²) in [6.45, 7) is 7.35. The summed E-state index contributed by atoms with van der Waals surface area (Å²) >= 11 is 0. The molecular weight excluding hydrogens is 466 g/mol. The maximum absolute atomic E-state index is 13.5. The van der Waals surface area contributed by atoms with Crippen LogP contribution in [0.5, 0.6) is 0 Å². The highest BCUT2D eigenvalue weighted by Gasteiger charge is 2.24. The minimum Gasteiger partial charge on any atom is -0.378 e. The number of H-pyrrole nitrogens is 2. The second kappa shape index (κ2) is 9.67. The third-order valence-corrected chi connectivity index (χ3v) is 6.83. The molecule has 9 nitrogen and oxygen atoms in total. The van der Waals surface area contributed by atoms with Crippen molar-refractivity contribution in [3.63, 3.8) is 0 Å². The molecule has 3 N–H and O–H groups in total. The van der Waals surface area contributed by atoms with Gasteiger partial charge in [-0.2, -0.15) is 0 Å². The number of ether oxygens (including phenoxy) is 1. The first-order valence-corrected chi connectivity index (χ1v) is 12.6. The standard InChI is InChI=1S/C28H29N7O2/c1-17(2)24(27-29-10-5-11-30-27)34-25-19-6-3-4-7-20(19)33-28(36)23(25)26-31-21-9-8-18(16-22(21)32-26)35-12-14-37-15-13-35/h3-11,16-17,24H,12-15H2,1-2H3,(H,31,32)(H2,33,34,36). The van der Waals surface area contributed by atoms with Crippen molar-refractivity contribution < 1.29 is 4.74 Å². The van der Waals surface area contributed by atoms with Crippen molar-refractivity contribution in [3.05, 3.63) is 77.1 Å². The third-order valence-electron chi connectivity index (χ3n) is 6.83. The molecule has 0 bridgehead atoms. The Morgan fingerprint density at radius 2 is 1.76 bits per heavy atom. The van der Waals surface area contributed by atoms with Gasteiger partial charge in [-0.3, -0.25) is 4.79 Å². The smallest absolute Gasteiger partial charge is 0.261 e. The van der Waals surface area contributed by atoms with Crippen LogP contribution in [0.3, 0.4) is 0 Å². The molecule has 0 aliphatic carbocycles. The molecule has 0 saturated carbocycles. The first-order valence-electron chi connectivity index (χ1n) is 12.6. The molecule has 1 saturated heterocycles. The number of rotatable bonds is 6. The number of pyridine rings is 1. The average Bonchev–Trinajstić information content (AvgIpc) is 3.35. The molecule has 1 aliphatic rings. The van der Waals surface area contributed by atoms with E-state index in [1.54, 1.807) is 18.5 Å². The minimum absolute atomic E-state index is 0.167. The lowest BCUT2D eigenvalue weighted by Crippen LogP contribution is -2.36. The summed E-state index contributed by atoms with van der Waals surface area (Å²) in [5.41, 5.74) is 4.49. The molecule has 2 aromatic carbocycles. The van der Waals surface area contributed by atoms with Gasteiger partial charge in [0.1, 0.15) is 11.4 Å². The van der Waals surface area contributed by atoms with E-state index >= 15 is 0 Å². The van der Waals surface area contributed by atoms with E-state index in [1.165, 1.54) is 0 Å². The van der Waals surface area contributed by atoms with Crippen LogP contribution in [0, 0.1) is 5.92 Å². The van der Waals surface area contributed by atoms with Crippen molar-refractivity contribution >= 4 is 33.3 Å². The van der Waals surface area contributed by atoms with Gasteiger partial charge in [0.15, 0.2) is 5.82 Å². The number of anilines is 2. The Labute approximate surface area is 213 Å². The average molecular weight is 496 g/mol. The van der Waals surface area contributed by atoms with Crippen LogP contribution < -0.4 is 15.8 Å². The molecule has 4 heterocycles. The highest BCUT2D eigenvalue weighted by Crippen LogP contribution is 2.35. The van der Waals surface area contributed by atoms with Gasteiger partial charge in [0.05, 0.1) is 41.5 Å². The van der Waals surface area contributed by atoms with E-state index in [4.69, 9.17) is 9.72 Å². The summed E-state index contributed by atoms with van der Waals surface area (Å²) in [5, 5.41) is 4.52. The van der Waals surface area contributed by atoms with Crippen LogP contribution in [0.4, 0.5) is 11.4 Å². The van der Waals surface area contributed by atoms with Crippen molar-refractivity contribution in [2.45, 2.75) is 19.9 Å². The van der Waals surface area contributed by atoms with Gasteiger partial charge in [-0.25, -0.2) is 15.0 Å². The van der Waals surface area contributed by atoms with Crippen molar-refractivity contribution in [2.75, 3.05) is 36.5 Å². The Hall–Kier alpha value is -4.24. The molecule has 9 heteroatoms. The number of hydrogen-bond donors (Lipinski definition) is 3. The fourth-order valence-electron chi connectivity index (χ4n) is 4.91. The highest BCUT2D eigenvalue weighted by molar-refractivity contribution is 5.99. The number of imidazole rings is 1. The quantitative estimate of drug-likeness (QED) is 0.318. The summed E-state index contributed by atoms with van der Waals surface area (Å²) < 4.78 is 5.50. The lowest BCUT2D eigenvalue weighted by atomic mass is 10.0. The summed E-state index contributed by atoms with van der Waals surface area (Å²) in [7, 11) is 0. The molecule has 0 amide bonds. The zero-order valence-corrected chi connectivity index (χ0v) is 20.9. The molecule has 0 spiro atoms. The van der Waals surface area contributed by atoms with Crippen molar-refractivity contribution in [2.24, 2.45) is 5.92 Å². The molecule has 1 unspecified atom stereocenters. The lowest BCUT2D eigenvalue weighted by molar-refractivity contribution is 0.122. The number of hydrogen-bond acceptors (Lipinski definition) is 7. The maximum Gasteiger partial charge on any atom is 0.261 e. The molecule has 1 fully saturated rings. The Morgan fingerprint density at radius 1 is 0.973 bits per heavy atom. The molecule has 1 aliphatic heterocycles. The summed E-state index contributed by atoms with van der Waals surface area (Å²) in [6, 6.07) is 15.5. The topological polar surface area (TPSA) is 112 Å². The predicted octanol–water partition coefficient (Wildman–Crippen LogP) is 4.51. The normalized spacial score (nSPS) is 14.9. The second-order valence-corrected chi connectivity index (χ2v) is 9.61. The van der Waals surface area contributed by atoms with E-state index in [0.717, 1.165) is 53.9 Å². The number of nitrogens with one attached hydrogen (secondary N) is 3. The van der Waals surface area contributed by atoms with Gasteiger partial charge in [0.25, 0.3) is 5.56 Å². The number of fused-ring (bicyclic) bond motifs is 2. The third kappa shape index (κ3) is 4.42. The SMILES string of the molecule is CC(C)C(Nc1c(-c2nc3ccc(N4CCOCC4)cc3[nH]2)c(=O)[nH]c2ccccc12)c1ncccn1. The lowest BCUT2D eigenvalue weighted by Gasteiger charge is -2.28. The van der Waals surface area contributed by atoms with Gasteiger partial charge in [-0.15, -0.1) is 0 Å². The number of aromatic nitrogens is 5. The molecule has 37 heavy (non-hydrogen) atoms. The summed E-state index contributed by atoms with van der Waals surface area (Å²) in [4.78, 5) is 36.1. The minimum atomic E-state index is -0.217. The molecule has 3 aromatic heterocycles. The van der Waals surface area contributed by atoms with Gasteiger partial charge in [0.2, 0.25) is 0 Å². The van der Waals surface area contributed by atoms with Crippen molar-refractivity contribution in [3.8, 4) is 11.4 Å². The number of nitrogens with zero attached hydrogens (tertiary/aromatic N) is 4. The number of morpholine rings is 1. The second-order valence-electron chi connectivity index (χ2n) is 9.61. The van der Waals surface area contributed by atoms with Crippen LogP contribution >= 0.6 is 0 Å². The molecule has 6 rings (SSSR count). The number of para-hydroxylation sites is 1. The van der Waals surface area contributed by atoms with E-state index < -0.39 is 0 Å². The van der Waals surface area contributed by atoms with Gasteiger partial charge in [-0.1, -0.05) is 32.0 Å². The number of aromatic amines is 2. The monoisotopic (exact) mass is 495 g/mol. The largest absolute Gasteiger partial charge is 0.378 e. The fourth-order valence-corrected chi connectivity index (χ4v) is 4.91. The van der Waals surface area contributed by atoms with Crippen LogP contribution in [-0.4, -0.2) is 51.2 Å². The maximum atomic E-state index is 13.5. The Balaban J connectivity index is 1.49. The predicted molar refractivity (Wildman–Crippen MR) is 146 cm³/mol. The molecule has 188 valence electrons. The first-order chi connectivity index (χ1) is 18.1. The van der Waals surface area contributed by atoms with Crippen LogP contribution in [-0.2, 0) is 4.74 Å². The summed E-state index contributed by atoms with van der Waals surface area (Å²) in [6.07, 6.45) is 3.48. The zero-order chi connectivity index (χ0) is 25.4. The van der Waals surface area contributed by atoms with Gasteiger partial charge in [0, 0.05) is 36.6 Å². The van der Waals surface area contributed by atoms with Crippen LogP contribution in [0.1, 0.15) is 25.7 Å². The van der Waals surface area contributed by atoms with E-state index in [9.17, 15) is 4.79 Å². The number of benzene rings is 2. The first kappa shape index (κ1) is 23.2. The van der Waals surface area contributed by atoms with E-state index in [2.05, 4.69) is 56.1 Å². The van der Waals surface area contributed by atoms with E-state index in [0.29, 0.717) is 22.9 Å². The van der Waals surface area contributed by atoms with Gasteiger partial charge in [-0.05, 0) is 36.2 Å². The summed E-state index contributed by atoms with van der Waals surface area (Å²) in [5.74, 6) is 1.35. The van der Waals surface area contributed by atoms with Gasteiger partial charge >= 0.3 is 0 Å². The Kier molecular flexibility index (Phi) is 6.05. The molecule has 5 aromatic rings. The van der Waals surface area contributed by atoms with Crippen molar-refractivity contribution in [1.29, 1.82) is 0 Å². The van der Waals surface area contributed by atoms with Gasteiger partial charge < -0.3 is 24.9 Å². The highest BCUT2D eigenvalue weighted by atomic mass is 16.5. The Bertz CT molecular complexity index is 1600. The van der Waals surface area contributed by atoms with E-state index in [-0.39, 0.29) is 17.5 Å². The van der Waals surface area contributed by atoms with Crippen LogP contribution in [0.2, 0.25) is 0 Å². The van der Waals surface area contributed by atoms with E-state index in [1.807, 2.05) is 30.3 Å². The fraction of sp³-hybridized carbons (Fsp3) is 0.286. The zero-order valence-electron chi connectivity index (χ0n) is 20.9.